The van der Waals surface area contributed by atoms with Crippen molar-refractivity contribution in [2.45, 2.75) is 32.4 Å². The maximum Gasteiger partial charge on any atom is 0.0992 e. The first kappa shape index (κ1) is 14.3. The third-order valence-electron chi connectivity index (χ3n) is 3.66. The largest absolute Gasteiger partial charge is 0.313 e. The van der Waals surface area contributed by atoms with Gasteiger partial charge in [0.15, 0.2) is 0 Å². The SMILES string of the molecule is CCN(Cc1ccc(C#N)cc1Cl)CC1CCCN1. The standard InChI is InChI=1S/C15H20ClN3/c1-2-19(11-14-4-3-7-18-14)10-13-6-5-12(9-17)8-15(13)16/h5-6,8,14,18H,2-4,7,10-11H2,1H3. The number of benzene rings is 1. The number of hydrogen-bond donors (Lipinski definition) is 1. The number of likely N-dealkylation sites (N-methyl/N-ethyl adjacent to an activating group) is 1. The lowest BCUT2D eigenvalue weighted by Crippen LogP contribution is -2.37. The molecule has 1 fully saturated rings. The molecule has 1 atom stereocenters. The number of nitriles is 1. The van der Waals surface area contributed by atoms with Crippen LogP contribution in [-0.2, 0) is 6.54 Å². The van der Waals surface area contributed by atoms with Gasteiger partial charge in [-0.2, -0.15) is 5.26 Å². The van der Waals surface area contributed by atoms with E-state index in [2.05, 4.69) is 23.2 Å². The molecule has 102 valence electrons. The predicted octanol–water partition coefficient (Wildman–Crippen LogP) is 2.79. The van der Waals surface area contributed by atoms with E-state index in [1.54, 1.807) is 6.07 Å². The molecule has 2 rings (SSSR count). The Balaban J connectivity index is 1.99. The van der Waals surface area contributed by atoms with Gasteiger partial charge in [0.2, 0.25) is 0 Å². The van der Waals surface area contributed by atoms with Crippen molar-refractivity contribution in [1.29, 1.82) is 5.26 Å². The molecule has 0 radical (unpaired) electrons. The van der Waals surface area contributed by atoms with Crippen LogP contribution in [0.1, 0.15) is 30.9 Å². The molecule has 1 aliphatic heterocycles. The topological polar surface area (TPSA) is 39.1 Å². The average Bonchev–Trinajstić information content (AvgIpc) is 2.92. The fourth-order valence-corrected chi connectivity index (χ4v) is 2.76. The van der Waals surface area contributed by atoms with Crippen LogP contribution in [0.15, 0.2) is 18.2 Å². The van der Waals surface area contributed by atoms with Crippen molar-refractivity contribution >= 4 is 11.6 Å². The zero-order valence-corrected chi connectivity index (χ0v) is 12.1. The maximum atomic E-state index is 8.84. The molecule has 0 saturated carbocycles. The minimum atomic E-state index is 0.608. The quantitative estimate of drug-likeness (QED) is 0.900. The molecule has 0 aliphatic carbocycles. The second kappa shape index (κ2) is 6.91. The molecule has 1 aromatic carbocycles. The Hall–Kier alpha value is -1.08. The molecule has 3 nitrogen and oxygen atoms in total. The van der Waals surface area contributed by atoms with Gasteiger partial charge in [-0.15, -0.1) is 0 Å². The third kappa shape index (κ3) is 3.94. The van der Waals surface area contributed by atoms with Crippen LogP contribution in [0.5, 0.6) is 0 Å². The monoisotopic (exact) mass is 277 g/mol. The molecule has 19 heavy (non-hydrogen) atoms. The summed E-state index contributed by atoms with van der Waals surface area (Å²) >= 11 is 6.23. The highest BCUT2D eigenvalue weighted by molar-refractivity contribution is 6.31. The lowest BCUT2D eigenvalue weighted by atomic mass is 10.1. The maximum absolute atomic E-state index is 8.84. The fourth-order valence-electron chi connectivity index (χ4n) is 2.52. The van der Waals surface area contributed by atoms with E-state index >= 15 is 0 Å². The van der Waals surface area contributed by atoms with Crippen molar-refractivity contribution in [3.63, 3.8) is 0 Å². The summed E-state index contributed by atoms with van der Waals surface area (Å²) in [6.07, 6.45) is 2.54. The molecule has 1 aliphatic rings. The lowest BCUT2D eigenvalue weighted by Gasteiger charge is -2.24. The summed E-state index contributed by atoms with van der Waals surface area (Å²) in [6.45, 7) is 6.23. The second-order valence-electron chi connectivity index (χ2n) is 5.04. The zero-order chi connectivity index (χ0) is 13.7. The van der Waals surface area contributed by atoms with Gasteiger partial charge in [-0.3, -0.25) is 4.90 Å². The average molecular weight is 278 g/mol. The third-order valence-corrected chi connectivity index (χ3v) is 4.02. The van der Waals surface area contributed by atoms with Gasteiger partial charge in [-0.25, -0.2) is 0 Å². The Morgan fingerprint density at radius 3 is 2.95 bits per heavy atom. The summed E-state index contributed by atoms with van der Waals surface area (Å²) in [5, 5.41) is 13.1. The van der Waals surface area contributed by atoms with Gasteiger partial charge >= 0.3 is 0 Å². The van der Waals surface area contributed by atoms with Gasteiger partial charge in [-0.05, 0) is 43.6 Å². The number of nitrogens with zero attached hydrogens (tertiary/aromatic N) is 2. The van der Waals surface area contributed by atoms with Crippen molar-refractivity contribution in [3.8, 4) is 6.07 Å². The number of nitrogens with one attached hydrogen (secondary N) is 1. The highest BCUT2D eigenvalue weighted by atomic mass is 35.5. The molecule has 1 N–H and O–H groups in total. The Morgan fingerprint density at radius 1 is 1.53 bits per heavy atom. The summed E-state index contributed by atoms with van der Waals surface area (Å²) in [7, 11) is 0. The van der Waals surface area contributed by atoms with Crippen molar-refractivity contribution < 1.29 is 0 Å². The van der Waals surface area contributed by atoms with Gasteiger partial charge in [-0.1, -0.05) is 24.6 Å². The van der Waals surface area contributed by atoms with E-state index in [1.807, 2.05) is 12.1 Å². The van der Waals surface area contributed by atoms with Gasteiger partial charge < -0.3 is 5.32 Å². The lowest BCUT2D eigenvalue weighted by molar-refractivity contribution is 0.253. The Labute approximate surface area is 120 Å². The minimum Gasteiger partial charge on any atom is -0.313 e. The van der Waals surface area contributed by atoms with Crippen LogP contribution in [0, 0.1) is 11.3 Å². The predicted molar refractivity (Wildman–Crippen MR) is 78.1 cm³/mol. The van der Waals surface area contributed by atoms with Crippen LogP contribution in [-0.4, -0.2) is 30.6 Å². The summed E-state index contributed by atoms with van der Waals surface area (Å²) in [5.41, 5.74) is 1.72. The van der Waals surface area contributed by atoms with Crippen LogP contribution < -0.4 is 5.32 Å². The van der Waals surface area contributed by atoms with Gasteiger partial charge in [0.25, 0.3) is 0 Å². The molecular weight excluding hydrogens is 258 g/mol. The minimum absolute atomic E-state index is 0.608. The Kier molecular flexibility index (Phi) is 5.21. The fraction of sp³-hybridized carbons (Fsp3) is 0.533. The van der Waals surface area contributed by atoms with Crippen LogP contribution >= 0.6 is 11.6 Å². The van der Waals surface area contributed by atoms with E-state index < -0.39 is 0 Å². The smallest absolute Gasteiger partial charge is 0.0992 e. The Morgan fingerprint density at radius 2 is 2.37 bits per heavy atom. The molecule has 1 saturated heterocycles. The highest BCUT2D eigenvalue weighted by Crippen LogP contribution is 2.20. The first-order valence-electron chi connectivity index (χ1n) is 6.87. The summed E-state index contributed by atoms with van der Waals surface area (Å²) < 4.78 is 0. The summed E-state index contributed by atoms with van der Waals surface area (Å²) in [5.74, 6) is 0. The van der Waals surface area contributed by atoms with E-state index in [-0.39, 0.29) is 0 Å². The van der Waals surface area contributed by atoms with E-state index in [0.717, 1.165) is 31.7 Å². The first-order chi connectivity index (χ1) is 9.22. The van der Waals surface area contributed by atoms with Crippen molar-refractivity contribution in [2.75, 3.05) is 19.6 Å². The van der Waals surface area contributed by atoms with Crippen LogP contribution in [0.2, 0.25) is 5.02 Å². The zero-order valence-electron chi connectivity index (χ0n) is 11.3. The molecular formula is C15H20ClN3. The van der Waals surface area contributed by atoms with Crippen molar-refractivity contribution in [3.05, 3.63) is 34.3 Å². The van der Waals surface area contributed by atoms with Crippen LogP contribution in [0.3, 0.4) is 0 Å². The molecule has 1 unspecified atom stereocenters. The van der Waals surface area contributed by atoms with E-state index in [4.69, 9.17) is 16.9 Å². The first-order valence-corrected chi connectivity index (χ1v) is 7.25. The normalized spacial score (nSPS) is 18.7. The number of rotatable bonds is 5. The highest BCUT2D eigenvalue weighted by Gasteiger charge is 2.17. The molecule has 1 aromatic rings. The second-order valence-corrected chi connectivity index (χ2v) is 5.45. The number of halogens is 1. The summed E-state index contributed by atoms with van der Waals surface area (Å²) in [4.78, 5) is 2.40. The molecule has 0 amide bonds. The van der Waals surface area contributed by atoms with E-state index in [0.29, 0.717) is 16.6 Å². The molecule has 0 spiro atoms. The number of hydrogen-bond acceptors (Lipinski definition) is 3. The van der Waals surface area contributed by atoms with Gasteiger partial charge in [0.05, 0.1) is 11.6 Å². The molecule has 0 aromatic heterocycles. The van der Waals surface area contributed by atoms with Crippen LogP contribution in [0.4, 0.5) is 0 Å². The summed E-state index contributed by atoms with van der Waals surface area (Å²) in [6, 6.07) is 8.27. The van der Waals surface area contributed by atoms with Crippen molar-refractivity contribution in [1.82, 2.24) is 10.2 Å². The van der Waals surface area contributed by atoms with Gasteiger partial charge in [0.1, 0.15) is 0 Å². The van der Waals surface area contributed by atoms with E-state index in [9.17, 15) is 0 Å². The molecule has 1 heterocycles. The van der Waals surface area contributed by atoms with E-state index in [1.165, 1.54) is 12.8 Å². The Bertz CT molecular complexity index is 461. The van der Waals surface area contributed by atoms with Gasteiger partial charge in [0, 0.05) is 24.2 Å². The van der Waals surface area contributed by atoms with Crippen LogP contribution in [0.25, 0.3) is 0 Å². The molecule has 4 heteroatoms. The molecule has 0 bridgehead atoms. The van der Waals surface area contributed by atoms with Crippen molar-refractivity contribution in [2.24, 2.45) is 0 Å².